The van der Waals surface area contributed by atoms with E-state index < -0.39 is 5.91 Å². The van der Waals surface area contributed by atoms with Crippen LogP contribution in [0.1, 0.15) is 16.7 Å². The van der Waals surface area contributed by atoms with Crippen LogP contribution in [0.25, 0.3) is 6.08 Å². The van der Waals surface area contributed by atoms with E-state index in [0.29, 0.717) is 46.2 Å². The van der Waals surface area contributed by atoms with Gasteiger partial charge in [-0.1, -0.05) is 58.4 Å². The molecule has 0 aromatic heterocycles. The summed E-state index contributed by atoms with van der Waals surface area (Å²) in [5.74, 6) is 1.14. The van der Waals surface area contributed by atoms with Gasteiger partial charge in [-0.15, -0.1) is 0 Å². The summed E-state index contributed by atoms with van der Waals surface area (Å²) in [5.41, 5.74) is 3.15. The fourth-order valence-electron chi connectivity index (χ4n) is 3.59. The minimum absolute atomic E-state index is 0.0579. The number of halogens is 2. The molecule has 0 atom stereocenters. The monoisotopic (exact) mass is 646 g/mol. The van der Waals surface area contributed by atoms with Crippen molar-refractivity contribution in [1.82, 2.24) is 0 Å². The number of hydrogen-bond donors (Lipinski definition) is 1. The maximum atomic E-state index is 12.8. The lowest BCUT2D eigenvalue weighted by Crippen LogP contribution is -2.13. The first-order valence-electron chi connectivity index (χ1n) is 11.9. The molecule has 4 aromatic carbocycles. The van der Waals surface area contributed by atoms with Crippen LogP contribution >= 0.6 is 31.9 Å². The quantitative estimate of drug-likeness (QED) is 0.140. The molecule has 8 heteroatoms. The number of methoxy groups -OCH3 is 1. The highest BCUT2D eigenvalue weighted by atomic mass is 79.9. The van der Waals surface area contributed by atoms with Crippen molar-refractivity contribution in [2.24, 2.45) is 0 Å². The molecule has 6 nitrogen and oxygen atoms in total. The predicted molar refractivity (Wildman–Crippen MR) is 159 cm³/mol. The minimum Gasteiger partial charge on any atom is -0.493 e. The molecule has 0 saturated heterocycles. The number of amides is 1. The molecule has 0 heterocycles. The first-order valence-corrected chi connectivity index (χ1v) is 13.5. The van der Waals surface area contributed by atoms with Gasteiger partial charge in [-0.2, -0.15) is 5.26 Å². The van der Waals surface area contributed by atoms with Gasteiger partial charge in [0.05, 0.1) is 11.6 Å². The Bertz CT molecular complexity index is 1500. The average Bonchev–Trinajstić information content (AvgIpc) is 2.96. The number of nitrogens with one attached hydrogen (secondary N) is 1. The van der Waals surface area contributed by atoms with Gasteiger partial charge in [0, 0.05) is 10.2 Å². The lowest BCUT2D eigenvalue weighted by molar-refractivity contribution is -0.112. The van der Waals surface area contributed by atoms with E-state index in [1.807, 2.05) is 60.7 Å². The van der Waals surface area contributed by atoms with Crippen molar-refractivity contribution in [3.8, 4) is 23.3 Å². The van der Waals surface area contributed by atoms with Gasteiger partial charge in [0.2, 0.25) is 0 Å². The highest BCUT2D eigenvalue weighted by molar-refractivity contribution is 9.10. The van der Waals surface area contributed by atoms with Gasteiger partial charge in [-0.3, -0.25) is 4.79 Å². The number of benzene rings is 4. The number of nitrogens with zero attached hydrogens (tertiary/aromatic N) is 1. The van der Waals surface area contributed by atoms with E-state index in [9.17, 15) is 10.1 Å². The summed E-state index contributed by atoms with van der Waals surface area (Å²) in [5, 5.41) is 12.4. The van der Waals surface area contributed by atoms with Crippen LogP contribution in [-0.4, -0.2) is 13.0 Å². The lowest BCUT2D eigenvalue weighted by Gasteiger charge is -2.14. The van der Waals surface area contributed by atoms with Crippen molar-refractivity contribution >= 4 is 49.5 Å². The van der Waals surface area contributed by atoms with Gasteiger partial charge in [0.1, 0.15) is 30.6 Å². The van der Waals surface area contributed by atoms with Crippen LogP contribution in [0.4, 0.5) is 5.69 Å². The summed E-state index contributed by atoms with van der Waals surface area (Å²) >= 11 is 6.94. The van der Waals surface area contributed by atoms with Crippen molar-refractivity contribution in [3.05, 3.63) is 122 Å². The molecule has 39 heavy (non-hydrogen) atoms. The second-order valence-corrected chi connectivity index (χ2v) is 10.1. The number of carbonyl (C=O) groups is 1. The minimum atomic E-state index is -0.527. The number of nitriles is 1. The first-order chi connectivity index (χ1) is 18.9. The van der Waals surface area contributed by atoms with E-state index in [4.69, 9.17) is 14.2 Å². The van der Waals surface area contributed by atoms with Gasteiger partial charge >= 0.3 is 0 Å². The third-order valence-electron chi connectivity index (χ3n) is 5.58. The molecule has 0 aliphatic rings. The molecule has 1 amide bonds. The Morgan fingerprint density at radius 1 is 0.897 bits per heavy atom. The molecule has 0 aliphatic carbocycles. The van der Waals surface area contributed by atoms with Crippen molar-refractivity contribution < 1.29 is 19.0 Å². The molecule has 0 aliphatic heterocycles. The Labute approximate surface area is 244 Å². The maximum absolute atomic E-state index is 12.8. The van der Waals surface area contributed by atoms with Crippen molar-refractivity contribution in [2.45, 2.75) is 13.2 Å². The molecule has 1 N–H and O–H groups in total. The highest BCUT2D eigenvalue weighted by Crippen LogP contribution is 2.38. The van der Waals surface area contributed by atoms with E-state index >= 15 is 0 Å². The Morgan fingerprint density at radius 3 is 2.23 bits per heavy atom. The number of ether oxygens (including phenoxy) is 3. The zero-order valence-electron chi connectivity index (χ0n) is 21.0. The lowest BCUT2D eigenvalue weighted by atomic mass is 10.1. The molecule has 0 fully saturated rings. The molecular formula is C31H24Br2N2O4. The zero-order chi connectivity index (χ0) is 27.6. The fourth-order valence-corrected chi connectivity index (χ4v) is 4.43. The van der Waals surface area contributed by atoms with Gasteiger partial charge in [-0.25, -0.2) is 0 Å². The summed E-state index contributed by atoms with van der Waals surface area (Å²) in [6.07, 6.45) is 1.50. The number of carbonyl (C=O) groups excluding carboxylic acids is 1. The second kappa shape index (κ2) is 13.7. The maximum Gasteiger partial charge on any atom is 0.266 e. The van der Waals surface area contributed by atoms with Crippen LogP contribution in [-0.2, 0) is 18.0 Å². The third kappa shape index (κ3) is 7.96. The van der Waals surface area contributed by atoms with Crippen LogP contribution in [0.3, 0.4) is 0 Å². The number of rotatable bonds is 10. The van der Waals surface area contributed by atoms with Crippen LogP contribution in [0, 0.1) is 11.3 Å². The predicted octanol–water partition coefficient (Wildman–Crippen LogP) is 7.92. The Kier molecular flexibility index (Phi) is 9.79. The molecule has 0 saturated carbocycles. The van der Waals surface area contributed by atoms with Crippen LogP contribution in [0.15, 0.2) is 106 Å². The van der Waals surface area contributed by atoms with E-state index in [1.54, 1.807) is 36.4 Å². The molecule has 0 bridgehead atoms. The summed E-state index contributed by atoms with van der Waals surface area (Å²) in [4.78, 5) is 12.8. The second-order valence-electron chi connectivity index (χ2n) is 8.37. The number of hydrogen-bond acceptors (Lipinski definition) is 5. The molecule has 0 unspecified atom stereocenters. The Balaban J connectivity index is 1.41. The molecule has 0 spiro atoms. The van der Waals surface area contributed by atoms with E-state index in [0.717, 1.165) is 15.6 Å². The molecule has 196 valence electrons. The Morgan fingerprint density at radius 2 is 1.56 bits per heavy atom. The van der Waals surface area contributed by atoms with E-state index in [-0.39, 0.29) is 5.57 Å². The molecule has 4 rings (SSSR count). The smallest absolute Gasteiger partial charge is 0.266 e. The standard InChI is InChI=1S/C31H24Br2N2O4/c1-37-29-17-23(16-28(33)30(29)39-20-21-5-3-2-4-6-21)15-24(18-34)31(36)35-26-11-13-27(14-12-26)38-19-22-7-9-25(32)10-8-22/h2-17H,19-20H2,1H3,(H,35,36)/b24-15+. The topological polar surface area (TPSA) is 80.6 Å². The van der Waals surface area contributed by atoms with E-state index in [1.165, 1.54) is 13.2 Å². The van der Waals surface area contributed by atoms with Crippen LogP contribution in [0.2, 0.25) is 0 Å². The highest BCUT2D eigenvalue weighted by Gasteiger charge is 2.14. The summed E-state index contributed by atoms with van der Waals surface area (Å²) in [7, 11) is 1.54. The Hall–Kier alpha value is -4.06. The van der Waals surface area contributed by atoms with Gasteiger partial charge in [0.15, 0.2) is 11.5 Å². The first kappa shape index (κ1) is 28.0. The zero-order valence-corrected chi connectivity index (χ0v) is 24.2. The van der Waals surface area contributed by atoms with Crippen molar-refractivity contribution in [1.29, 1.82) is 5.26 Å². The molecular weight excluding hydrogens is 624 g/mol. The van der Waals surface area contributed by atoms with Crippen molar-refractivity contribution in [3.63, 3.8) is 0 Å². The van der Waals surface area contributed by atoms with Crippen LogP contribution in [0.5, 0.6) is 17.2 Å². The largest absolute Gasteiger partial charge is 0.493 e. The van der Waals surface area contributed by atoms with Gasteiger partial charge < -0.3 is 19.5 Å². The summed E-state index contributed by atoms with van der Waals surface area (Å²) in [6.45, 7) is 0.792. The normalized spacial score (nSPS) is 10.9. The number of anilines is 1. The van der Waals surface area contributed by atoms with Crippen LogP contribution < -0.4 is 19.5 Å². The molecule has 0 radical (unpaired) electrons. The summed E-state index contributed by atoms with van der Waals surface area (Å²) in [6, 6.07) is 30.1. The fraction of sp³-hybridized carbons (Fsp3) is 0.0968. The summed E-state index contributed by atoms with van der Waals surface area (Å²) < 4.78 is 18.9. The average molecular weight is 648 g/mol. The third-order valence-corrected chi connectivity index (χ3v) is 6.70. The molecule has 4 aromatic rings. The van der Waals surface area contributed by atoms with Crippen molar-refractivity contribution in [2.75, 3.05) is 12.4 Å². The van der Waals surface area contributed by atoms with Gasteiger partial charge in [-0.05, 0) is 87.2 Å². The van der Waals surface area contributed by atoms with Gasteiger partial charge in [0.25, 0.3) is 5.91 Å². The van der Waals surface area contributed by atoms with E-state index in [2.05, 4.69) is 37.2 Å². The SMILES string of the molecule is COc1cc(/C=C(\C#N)C(=O)Nc2ccc(OCc3ccc(Br)cc3)cc2)cc(Br)c1OCc1ccccc1.